The predicted molar refractivity (Wildman–Crippen MR) is 77.5 cm³/mol. The van der Waals surface area contributed by atoms with Gasteiger partial charge in [-0.3, -0.25) is 0 Å². The summed E-state index contributed by atoms with van der Waals surface area (Å²) in [5.41, 5.74) is 0. The van der Waals surface area contributed by atoms with E-state index in [9.17, 15) is 0 Å². The van der Waals surface area contributed by atoms with Crippen LogP contribution in [0, 0.1) is 10.6 Å². The Morgan fingerprint density at radius 2 is 2.25 bits per heavy atom. The van der Waals surface area contributed by atoms with Crippen molar-refractivity contribution in [2.45, 2.75) is 19.9 Å². The maximum Gasteiger partial charge on any atom is 0.133 e. The minimum absolute atomic E-state index is 0. The van der Waals surface area contributed by atoms with Crippen LogP contribution in [0.15, 0.2) is 6.07 Å². The number of nitrogens with zero attached hydrogens (tertiary/aromatic N) is 3. The van der Waals surface area contributed by atoms with Gasteiger partial charge in [-0.1, -0.05) is 0 Å². The van der Waals surface area contributed by atoms with Gasteiger partial charge < -0.3 is 9.64 Å². The predicted octanol–water partition coefficient (Wildman–Crippen LogP) is 1.73. The van der Waals surface area contributed by atoms with Gasteiger partial charge in [0.2, 0.25) is 0 Å². The van der Waals surface area contributed by atoms with Crippen LogP contribution in [0.2, 0.25) is 0 Å². The molecular weight excluding hydrogens is 337 g/mol. The molecule has 4 nitrogen and oxygen atoms in total. The van der Waals surface area contributed by atoms with Crippen LogP contribution in [0.1, 0.15) is 12.7 Å². The monoisotopic (exact) mass is 353 g/mol. The molecule has 1 aliphatic heterocycles. The van der Waals surface area contributed by atoms with Crippen molar-refractivity contribution >= 4 is 41.9 Å². The Morgan fingerprint density at radius 3 is 2.88 bits per heavy atom. The molecule has 0 aromatic carbocycles. The summed E-state index contributed by atoms with van der Waals surface area (Å²) in [6, 6.07) is 2.42. The molecule has 1 aromatic rings. The SMILES string of the molecule is Cc1nc(I)cc(N2CCOC[C@@H]2C)n1.S. The molecule has 1 atom stereocenters. The van der Waals surface area contributed by atoms with Crippen molar-refractivity contribution < 1.29 is 4.74 Å². The van der Waals surface area contributed by atoms with E-state index in [0.717, 1.165) is 35.1 Å². The number of aromatic nitrogens is 2. The van der Waals surface area contributed by atoms with E-state index in [-0.39, 0.29) is 13.5 Å². The molecule has 2 heterocycles. The van der Waals surface area contributed by atoms with Crippen LogP contribution in [0.4, 0.5) is 5.82 Å². The van der Waals surface area contributed by atoms with E-state index in [1.807, 2.05) is 13.0 Å². The lowest BCUT2D eigenvalue weighted by Crippen LogP contribution is -2.44. The van der Waals surface area contributed by atoms with E-state index < -0.39 is 0 Å². The summed E-state index contributed by atoms with van der Waals surface area (Å²) >= 11 is 2.23. The van der Waals surface area contributed by atoms with Crippen LogP contribution in [0.25, 0.3) is 0 Å². The maximum atomic E-state index is 5.41. The first-order valence-electron chi connectivity index (χ1n) is 5.02. The number of ether oxygens (including phenoxy) is 1. The Balaban J connectivity index is 0.00000128. The van der Waals surface area contributed by atoms with Crippen LogP contribution in [-0.2, 0) is 4.74 Å². The first-order valence-corrected chi connectivity index (χ1v) is 6.10. The Labute approximate surface area is 116 Å². The molecule has 90 valence electrons. The molecule has 16 heavy (non-hydrogen) atoms. The minimum Gasteiger partial charge on any atom is -0.377 e. The second-order valence-electron chi connectivity index (χ2n) is 3.71. The second-order valence-corrected chi connectivity index (χ2v) is 4.82. The minimum atomic E-state index is 0. The fourth-order valence-corrected chi connectivity index (χ4v) is 2.36. The fourth-order valence-electron chi connectivity index (χ4n) is 1.73. The molecule has 0 N–H and O–H groups in total. The molecule has 0 aliphatic carbocycles. The van der Waals surface area contributed by atoms with E-state index in [4.69, 9.17) is 4.74 Å². The maximum absolute atomic E-state index is 5.41. The summed E-state index contributed by atoms with van der Waals surface area (Å²) in [7, 11) is 0. The lowest BCUT2D eigenvalue weighted by molar-refractivity contribution is 0.0985. The van der Waals surface area contributed by atoms with E-state index in [1.165, 1.54) is 0 Å². The number of halogens is 1. The van der Waals surface area contributed by atoms with Crippen molar-refractivity contribution in [2.75, 3.05) is 24.7 Å². The molecule has 1 saturated heterocycles. The van der Waals surface area contributed by atoms with Crippen molar-refractivity contribution in [3.05, 3.63) is 15.6 Å². The average Bonchev–Trinajstić information content (AvgIpc) is 2.16. The molecule has 2 rings (SSSR count). The Morgan fingerprint density at radius 1 is 1.50 bits per heavy atom. The van der Waals surface area contributed by atoms with Crippen molar-refractivity contribution in [2.24, 2.45) is 0 Å². The highest BCUT2D eigenvalue weighted by Crippen LogP contribution is 2.18. The molecule has 0 amide bonds. The summed E-state index contributed by atoms with van der Waals surface area (Å²) in [6.45, 7) is 6.55. The number of hydrogen-bond donors (Lipinski definition) is 0. The molecule has 0 bridgehead atoms. The molecule has 1 fully saturated rings. The third-order valence-corrected chi connectivity index (χ3v) is 3.01. The largest absolute Gasteiger partial charge is 0.377 e. The zero-order valence-corrected chi connectivity index (χ0v) is 12.6. The summed E-state index contributed by atoms with van der Waals surface area (Å²) in [5, 5.41) is 0. The molecule has 1 aliphatic rings. The van der Waals surface area contributed by atoms with Gasteiger partial charge >= 0.3 is 0 Å². The van der Waals surface area contributed by atoms with Gasteiger partial charge in [-0.2, -0.15) is 13.5 Å². The summed E-state index contributed by atoms with van der Waals surface area (Å²) in [6.07, 6.45) is 0. The van der Waals surface area contributed by atoms with Crippen molar-refractivity contribution in [3.8, 4) is 0 Å². The third-order valence-electron chi connectivity index (χ3n) is 2.46. The standard InChI is InChI=1S/C10H14IN3O.H2S/c1-7-6-15-4-3-14(7)10-5-9(11)12-8(2)13-10;/h5,7H,3-4,6H2,1-2H3;1H2/t7-;/m0./s1. The molecule has 0 unspecified atom stereocenters. The normalized spacial score (nSPS) is 20.4. The Hall–Kier alpha value is -0.0800. The van der Waals surface area contributed by atoms with Gasteiger partial charge in [-0.15, -0.1) is 0 Å². The Kier molecular flexibility index (Phi) is 5.26. The van der Waals surface area contributed by atoms with Crippen LogP contribution in [0.3, 0.4) is 0 Å². The van der Waals surface area contributed by atoms with Gasteiger partial charge in [-0.05, 0) is 36.4 Å². The molecular formula is C10H16IN3OS. The van der Waals surface area contributed by atoms with Gasteiger partial charge in [0.1, 0.15) is 15.3 Å². The lowest BCUT2D eigenvalue weighted by Gasteiger charge is -2.34. The van der Waals surface area contributed by atoms with E-state index in [2.05, 4.69) is 44.4 Å². The highest BCUT2D eigenvalue weighted by atomic mass is 127. The van der Waals surface area contributed by atoms with Gasteiger partial charge in [0.15, 0.2) is 0 Å². The van der Waals surface area contributed by atoms with E-state index >= 15 is 0 Å². The van der Waals surface area contributed by atoms with Crippen molar-refractivity contribution in [3.63, 3.8) is 0 Å². The molecule has 0 radical (unpaired) electrons. The number of rotatable bonds is 1. The van der Waals surface area contributed by atoms with E-state index in [0.29, 0.717) is 6.04 Å². The highest BCUT2D eigenvalue weighted by molar-refractivity contribution is 14.1. The zero-order valence-electron chi connectivity index (χ0n) is 9.40. The van der Waals surface area contributed by atoms with Gasteiger partial charge in [-0.25, -0.2) is 9.97 Å². The number of hydrogen-bond acceptors (Lipinski definition) is 4. The molecule has 6 heteroatoms. The topological polar surface area (TPSA) is 38.2 Å². The van der Waals surface area contributed by atoms with Crippen LogP contribution in [0.5, 0.6) is 0 Å². The van der Waals surface area contributed by atoms with Crippen LogP contribution in [-0.4, -0.2) is 35.8 Å². The summed E-state index contributed by atoms with van der Waals surface area (Å²) in [5.74, 6) is 1.85. The molecule has 0 spiro atoms. The second kappa shape index (κ2) is 6.02. The fraction of sp³-hybridized carbons (Fsp3) is 0.600. The van der Waals surface area contributed by atoms with Crippen LogP contribution < -0.4 is 4.90 Å². The van der Waals surface area contributed by atoms with Gasteiger partial charge in [0.05, 0.1) is 19.3 Å². The summed E-state index contributed by atoms with van der Waals surface area (Å²) in [4.78, 5) is 11.0. The average molecular weight is 353 g/mol. The smallest absolute Gasteiger partial charge is 0.133 e. The van der Waals surface area contributed by atoms with Gasteiger partial charge in [0, 0.05) is 12.6 Å². The Bertz CT molecular complexity index is 344. The zero-order chi connectivity index (χ0) is 10.8. The third kappa shape index (κ3) is 3.21. The molecule has 0 saturated carbocycles. The van der Waals surface area contributed by atoms with Crippen molar-refractivity contribution in [1.29, 1.82) is 0 Å². The highest BCUT2D eigenvalue weighted by Gasteiger charge is 2.20. The first-order chi connectivity index (χ1) is 7.16. The molecule has 1 aromatic heterocycles. The number of morpholine rings is 1. The summed E-state index contributed by atoms with van der Waals surface area (Å²) < 4.78 is 6.40. The van der Waals surface area contributed by atoms with E-state index in [1.54, 1.807) is 0 Å². The van der Waals surface area contributed by atoms with Crippen LogP contribution >= 0.6 is 36.1 Å². The lowest BCUT2D eigenvalue weighted by atomic mass is 10.2. The quantitative estimate of drug-likeness (QED) is 0.569. The first kappa shape index (κ1) is 14.0. The van der Waals surface area contributed by atoms with Gasteiger partial charge in [0.25, 0.3) is 0 Å². The van der Waals surface area contributed by atoms with Crippen molar-refractivity contribution in [1.82, 2.24) is 9.97 Å². The number of aryl methyl sites for hydroxylation is 1. The number of anilines is 1.